The fourth-order valence-corrected chi connectivity index (χ4v) is 2.55. The summed E-state index contributed by atoms with van der Waals surface area (Å²) in [5, 5.41) is 9.03. The monoisotopic (exact) mass is 296 g/mol. The number of carbonyl (C=O) groups excluding carboxylic acids is 1. The standard InChI is InChI=1S/C16H28N2O3/c1-5-18(13-9-7-6-8-10-13)14(19)11-17(12-15(20)21)16(2,3)4/h9H,5-8,10-12H2,1-4H3,(H,20,21). The van der Waals surface area contributed by atoms with E-state index in [-0.39, 0.29) is 24.5 Å². The zero-order valence-corrected chi connectivity index (χ0v) is 13.7. The minimum Gasteiger partial charge on any atom is -0.480 e. The summed E-state index contributed by atoms with van der Waals surface area (Å²) in [4.78, 5) is 27.1. The second-order valence-corrected chi connectivity index (χ2v) is 6.50. The molecule has 0 aliphatic heterocycles. The largest absolute Gasteiger partial charge is 0.480 e. The lowest BCUT2D eigenvalue weighted by Gasteiger charge is -2.36. The normalized spacial score (nSPS) is 15.8. The lowest BCUT2D eigenvalue weighted by Crippen LogP contribution is -2.50. The van der Waals surface area contributed by atoms with Crippen molar-refractivity contribution in [3.8, 4) is 0 Å². The van der Waals surface area contributed by atoms with E-state index in [4.69, 9.17) is 5.11 Å². The van der Waals surface area contributed by atoms with E-state index >= 15 is 0 Å². The Morgan fingerprint density at radius 1 is 1.24 bits per heavy atom. The van der Waals surface area contributed by atoms with Gasteiger partial charge in [0.05, 0.1) is 13.1 Å². The van der Waals surface area contributed by atoms with Crippen molar-refractivity contribution in [1.82, 2.24) is 9.80 Å². The molecule has 0 atom stereocenters. The molecule has 1 aliphatic rings. The maximum atomic E-state index is 12.6. The summed E-state index contributed by atoms with van der Waals surface area (Å²) in [5.41, 5.74) is 0.743. The quantitative estimate of drug-likeness (QED) is 0.818. The van der Waals surface area contributed by atoms with Crippen LogP contribution in [0.2, 0.25) is 0 Å². The molecule has 0 fully saturated rings. The van der Waals surface area contributed by atoms with Crippen LogP contribution in [0.3, 0.4) is 0 Å². The van der Waals surface area contributed by atoms with Crippen LogP contribution in [0, 0.1) is 0 Å². The molecular formula is C16H28N2O3. The van der Waals surface area contributed by atoms with E-state index in [0.29, 0.717) is 6.54 Å². The van der Waals surface area contributed by atoms with Gasteiger partial charge in [-0.1, -0.05) is 6.08 Å². The molecule has 1 amide bonds. The highest BCUT2D eigenvalue weighted by atomic mass is 16.4. The van der Waals surface area contributed by atoms with Crippen LogP contribution < -0.4 is 0 Å². The maximum absolute atomic E-state index is 12.6. The van der Waals surface area contributed by atoms with Crippen LogP contribution in [0.4, 0.5) is 0 Å². The molecule has 0 saturated heterocycles. The van der Waals surface area contributed by atoms with Gasteiger partial charge in [0, 0.05) is 17.8 Å². The van der Waals surface area contributed by atoms with Gasteiger partial charge in [-0.2, -0.15) is 0 Å². The van der Waals surface area contributed by atoms with Crippen LogP contribution in [0.5, 0.6) is 0 Å². The number of carboxylic acid groups (broad SMARTS) is 1. The Hall–Kier alpha value is -1.36. The number of aliphatic carboxylic acids is 1. The van der Waals surface area contributed by atoms with Crippen molar-refractivity contribution in [2.75, 3.05) is 19.6 Å². The van der Waals surface area contributed by atoms with Crippen LogP contribution >= 0.6 is 0 Å². The fourth-order valence-electron chi connectivity index (χ4n) is 2.55. The Labute approximate surface area is 127 Å². The van der Waals surface area contributed by atoms with Crippen molar-refractivity contribution in [3.63, 3.8) is 0 Å². The summed E-state index contributed by atoms with van der Waals surface area (Å²) in [7, 11) is 0. The third-order valence-corrected chi connectivity index (χ3v) is 3.83. The number of allylic oxidation sites excluding steroid dienone is 2. The summed E-state index contributed by atoms with van der Waals surface area (Å²) in [6.45, 7) is 8.41. The van der Waals surface area contributed by atoms with Gasteiger partial charge in [0.2, 0.25) is 5.91 Å². The Morgan fingerprint density at radius 2 is 1.90 bits per heavy atom. The van der Waals surface area contributed by atoms with Gasteiger partial charge >= 0.3 is 5.97 Å². The molecule has 0 aromatic rings. The Balaban J connectivity index is 2.78. The average molecular weight is 296 g/mol. The van der Waals surface area contributed by atoms with Gasteiger partial charge in [-0.25, -0.2) is 0 Å². The number of amides is 1. The van der Waals surface area contributed by atoms with E-state index in [1.165, 1.54) is 6.42 Å². The first-order valence-corrected chi connectivity index (χ1v) is 7.72. The lowest BCUT2D eigenvalue weighted by atomic mass is 10.0. The van der Waals surface area contributed by atoms with E-state index in [1.54, 1.807) is 9.80 Å². The molecule has 0 radical (unpaired) electrons. The van der Waals surface area contributed by atoms with Gasteiger partial charge in [0.1, 0.15) is 0 Å². The molecule has 0 heterocycles. The molecule has 1 aliphatic carbocycles. The van der Waals surface area contributed by atoms with E-state index in [0.717, 1.165) is 25.0 Å². The third-order valence-electron chi connectivity index (χ3n) is 3.83. The number of rotatable bonds is 6. The second kappa shape index (κ2) is 7.59. The Morgan fingerprint density at radius 3 is 2.33 bits per heavy atom. The van der Waals surface area contributed by atoms with Crippen LogP contribution in [-0.2, 0) is 9.59 Å². The molecule has 0 aromatic carbocycles. The number of likely N-dealkylation sites (N-methyl/N-ethyl adjacent to an activating group) is 1. The highest BCUT2D eigenvalue weighted by molar-refractivity contribution is 5.81. The second-order valence-electron chi connectivity index (χ2n) is 6.50. The molecule has 0 saturated carbocycles. The molecule has 1 N–H and O–H groups in total. The molecule has 1 rings (SSSR count). The molecule has 5 nitrogen and oxygen atoms in total. The topological polar surface area (TPSA) is 60.9 Å². The predicted molar refractivity (Wildman–Crippen MR) is 82.9 cm³/mol. The Kier molecular flexibility index (Phi) is 6.40. The number of carbonyl (C=O) groups is 2. The Bertz CT molecular complexity index is 410. The highest BCUT2D eigenvalue weighted by Gasteiger charge is 2.28. The van der Waals surface area contributed by atoms with Crippen molar-refractivity contribution in [3.05, 3.63) is 11.8 Å². The van der Waals surface area contributed by atoms with Crippen LogP contribution in [0.15, 0.2) is 11.8 Å². The molecular weight excluding hydrogens is 268 g/mol. The van der Waals surface area contributed by atoms with Gasteiger partial charge in [0.15, 0.2) is 0 Å². The van der Waals surface area contributed by atoms with Gasteiger partial charge in [0.25, 0.3) is 0 Å². The first-order chi connectivity index (χ1) is 9.75. The van der Waals surface area contributed by atoms with E-state index in [2.05, 4.69) is 6.08 Å². The molecule has 0 spiro atoms. The molecule has 0 unspecified atom stereocenters. The van der Waals surface area contributed by atoms with Gasteiger partial charge in [-0.3, -0.25) is 14.5 Å². The summed E-state index contributed by atoms with van der Waals surface area (Å²) in [6, 6.07) is 0. The minimum absolute atomic E-state index is 0.0122. The zero-order chi connectivity index (χ0) is 16.0. The number of hydrogen-bond acceptors (Lipinski definition) is 3. The number of hydrogen-bond donors (Lipinski definition) is 1. The van der Waals surface area contributed by atoms with Crippen molar-refractivity contribution in [2.45, 2.75) is 58.9 Å². The summed E-state index contributed by atoms with van der Waals surface area (Å²) in [5.74, 6) is -0.917. The van der Waals surface area contributed by atoms with Crippen molar-refractivity contribution >= 4 is 11.9 Å². The predicted octanol–water partition coefficient (Wildman–Crippen LogP) is 2.48. The summed E-state index contributed by atoms with van der Waals surface area (Å²) < 4.78 is 0. The van der Waals surface area contributed by atoms with Crippen LogP contribution in [-0.4, -0.2) is 52.0 Å². The molecule has 0 bridgehead atoms. The van der Waals surface area contributed by atoms with Crippen LogP contribution in [0.25, 0.3) is 0 Å². The first kappa shape index (κ1) is 17.7. The van der Waals surface area contributed by atoms with Crippen molar-refractivity contribution in [1.29, 1.82) is 0 Å². The SMILES string of the molecule is CCN(C(=O)CN(CC(=O)O)C(C)(C)C)C1=CCCCC1. The summed E-state index contributed by atoms with van der Waals surface area (Å²) in [6.07, 6.45) is 6.41. The van der Waals surface area contributed by atoms with Gasteiger partial charge < -0.3 is 10.0 Å². The average Bonchev–Trinajstić information content (AvgIpc) is 2.38. The third kappa shape index (κ3) is 5.50. The molecule has 120 valence electrons. The summed E-state index contributed by atoms with van der Waals surface area (Å²) >= 11 is 0. The number of carboxylic acids is 1. The molecule has 5 heteroatoms. The van der Waals surface area contributed by atoms with Gasteiger partial charge in [-0.15, -0.1) is 0 Å². The maximum Gasteiger partial charge on any atom is 0.317 e. The highest BCUT2D eigenvalue weighted by Crippen LogP contribution is 2.22. The lowest BCUT2D eigenvalue weighted by molar-refractivity contribution is -0.141. The van der Waals surface area contributed by atoms with Gasteiger partial charge in [-0.05, 0) is 53.4 Å². The first-order valence-electron chi connectivity index (χ1n) is 7.72. The van der Waals surface area contributed by atoms with Crippen molar-refractivity contribution in [2.24, 2.45) is 0 Å². The van der Waals surface area contributed by atoms with E-state index < -0.39 is 5.97 Å². The smallest absolute Gasteiger partial charge is 0.317 e. The molecule has 21 heavy (non-hydrogen) atoms. The molecule has 0 aromatic heterocycles. The fraction of sp³-hybridized carbons (Fsp3) is 0.750. The zero-order valence-electron chi connectivity index (χ0n) is 13.7. The van der Waals surface area contributed by atoms with Crippen molar-refractivity contribution < 1.29 is 14.7 Å². The van der Waals surface area contributed by atoms with E-state index in [1.807, 2.05) is 27.7 Å². The van der Waals surface area contributed by atoms with Crippen LogP contribution in [0.1, 0.15) is 53.4 Å². The minimum atomic E-state index is -0.905. The van der Waals surface area contributed by atoms with E-state index in [9.17, 15) is 9.59 Å². The number of nitrogens with zero attached hydrogens (tertiary/aromatic N) is 2.